The van der Waals surface area contributed by atoms with Crippen LogP contribution in [0, 0.1) is 6.92 Å². The van der Waals surface area contributed by atoms with Crippen LogP contribution in [0.3, 0.4) is 0 Å². The van der Waals surface area contributed by atoms with Gasteiger partial charge in [-0.05, 0) is 26.0 Å². The van der Waals surface area contributed by atoms with E-state index in [0.717, 1.165) is 5.69 Å². The summed E-state index contributed by atoms with van der Waals surface area (Å²) in [6.07, 6.45) is 0.331. The van der Waals surface area contributed by atoms with Gasteiger partial charge in [0, 0.05) is 28.7 Å². The Balaban J connectivity index is 2.02. The molecular weight excluding hydrogens is 264 g/mol. The van der Waals surface area contributed by atoms with Crippen molar-refractivity contribution in [3.8, 4) is 0 Å². The van der Waals surface area contributed by atoms with E-state index in [0.29, 0.717) is 34.4 Å². The molecule has 0 atom stereocenters. The van der Waals surface area contributed by atoms with E-state index in [-0.39, 0.29) is 11.6 Å². The Hall–Kier alpha value is -2.62. The van der Waals surface area contributed by atoms with Crippen LogP contribution in [0.15, 0.2) is 47.5 Å². The van der Waals surface area contributed by atoms with E-state index >= 15 is 0 Å². The lowest BCUT2D eigenvalue weighted by Gasteiger charge is -2.18. The molecule has 0 aliphatic heterocycles. The van der Waals surface area contributed by atoms with E-state index in [1.165, 1.54) is 0 Å². The first-order valence-electron chi connectivity index (χ1n) is 6.75. The summed E-state index contributed by atoms with van der Waals surface area (Å²) < 4.78 is 0. The normalized spacial score (nSPS) is 14.4. The molecule has 104 valence electrons. The van der Waals surface area contributed by atoms with Gasteiger partial charge in [0.05, 0.1) is 11.4 Å². The number of ketones is 2. The zero-order valence-corrected chi connectivity index (χ0v) is 11.9. The lowest BCUT2D eigenvalue weighted by atomic mass is 9.83. The number of rotatable bonds is 2. The predicted molar refractivity (Wildman–Crippen MR) is 78.3 cm³/mol. The van der Waals surface area contributed by atoms with Gasteiger partial charge in [0.2, 0.25) is 0 Å². The maximum atomic E-state index is 12.6. The highest BCUT2D eigenvalue weighted by Gasteiger charge is 2.29. The molecule has 4 heteroatoms. The van der Waals surface area contributed by atoms with Gasteiger partial charge in [0.1, 0.15) is 0 Å². The van der Waals surface area contributed by atoms with Crippen LogP contribution in [0.5, 0.6) is 0 Å². The first-order chi connectivity index (χ1) is 10.1. The zero-order chi connectivity index (χ0) is 15.0. The molecule has 0 radical (unpaired) electrons. The van der Waals surface area contributed by atoms with E-state index in [1.54, 1.807) is 31.2 Å². The van der Waals surface area contributed by atoms with Crippen LogP contribution in [0.2, 0.25) is 0 Å². The van der Waals surface area contributed by atoms with Crippen molar-refractivity contribution in [2.24, 2.45) is 0 Å². The number of Topliss-reactive ketones (excluding diaryl/α,β-unsaturated/α-hetero) is 2. The third kappa shape index (κ3) is 2.29. The second kappa shape index (κ2) is 5.05. The monoisotopic (exact) mass is 278 g/mol. The van der Waals surface area contributed by atoms with Crippen molar-refractivity contribution in [1.82, 2.24) is 10.2 Å². The number of carbonyl (C=O) groups excluding carboxylic acids is 2. The highest BCUT2D eigenvalue weighted by molar-refractivity contribution is 6.26. The molecule has 0 N–H and O–H groups in total. The van der Waals surface area contributed by atoms with Crippen LogP contribution in [0.4, 0.5) is 0 Å². The molecular formula is C17H14N2O2. The molecule has 0 fully saturated rings. The number of fused-ring (bicyclic) bond motifs is 1. The molecule has 0 saturated carbocycles. The molecule has 4 nitrogen and oxygen atoms in total. The number of carbonyl (C=O) groups is 2. The van der Waals surface area contributed by atoms with Crippen molar-refractivity contribution in [3.63, 3.8) is 0 Å². The molecule has 0 spiro atoms. The summed E-state index contributed by atoms with van der Waals surface area (Å²) >= 11 is 0. The average Bonchev–Trinajstić information content (AvgIpc) is 2.51. The summed E-state index contributed by atoms with van der Waals surface area (Å²) in [6, 6.07) is 10.6. The summed E-state index contributed by atoms with van der Waals surface area (Å²) in [6.45, 7) is 3.56. The fourth-order valence-electron chi connectivity index (χ4n) is 2.47. The Morgan fingerprint density at radius 1 is 0.857 bits per heavy atom. The number of nitrogens with zero attached hydrogens (tertiary/aromatic N) is 2. The summed E-state index contributed by atoms with van der Waals surface area (Å²) in [7, 11) is 0. The molecule has 2 aromatic rings. The molecule has 1 aliphatic carbocycles. The van der Waals surface area contributed by atoms with Gasteiger partial charge < -0.3 is 0 Å². The Morgan fingerprint density at radius 3 is 2.14 bits per heavy atom. The van der Waals surface area contributed by atoms with Gasteiger partial charge in [-0.3, -0.25) is 9.59 Å². The minimum atomic E-state index is -0.0925. The summed E-state index contributed by atoms with van der Waals surface area (Å²) in [5.74, 6) is -0.176. The van der Waals surface area contributed by atoms with E-state index in [1.807, 2.05) is 19.1 Å². The zero-order valence-electron chi connectivity index (χ0n) is 11.9. The standard InChI is InChI=1S/C17H14N2O2/c1-10-7-8-12(19-18-10)9-15-11(2)16(20)13-5-3-4-6-14(13)17(15)21/h3-8H,9H2,1-2H3. The van der Waals surface area contributed by atoms with Crippen LogP contribution in [0.25, 0.3) is 0 Å². The summed E-state index contributed by atoms with van der Waals surface area (Å²) in [4.78, 5) is 25.0. The molecule has 1 aromatic heterocycles. The number of allylic oxidation sites excluding steroid dienone is 2. The van der Waals surface area contributed by atoms with Crippen LogP contribution < -0.4 is 0 Å². The van der Waals surface area contributed by atoms with Crippen molar-refractivity contribution in [3.05, 3.63) is 70.1 Å². The number of aryl methyl sites for hydroxylation is 1. The van der Waals surface area contributed by atoms with Gasteiger partial charge in [-0.15, -0.1) is 0 Å². The Labute approximate surface area is 122 Å². The number of aromatic nitrogens is 2. The van der Waals surface area contributed by atoms with Gasteiger partial charge in [0.15, 0.2) is 11.6 Å². The summed E-state index contributed by atoms with van der Waals surface area (Å²) in [5, 5.41) is 8.06. The van der Waals surface area contributed by atoms with Gasteiger partial charge in [0.25, 0.3) is 0 Å². The van der Waals surface area contributed by atoms with Crippen LogP contribution in [0.1, 0.15) is 39.0 Å². The van der Waals surface area contributed by atoms with E-state index in [9.17, 15) is 9.59 Å². The third-order valence-electron chi connectivity index (χ3n) is 3.69. The minimum Gasteiger partial charge on any atom is -0.289 e. The van der Waals surface area contributed by atoms with Gasteiger partial charge in [-0.1, -0.05) is 24.3 Å². The Morgan fingerprint density at radius 2 is 1.52 bits per heavy atom. The largest absolute Gasteiger partial charge is 0.289 e. The van der Waals surface area contributed by atoms with Crippen molar-refractivity contribution in [1.29, 1.82) is 0 Å². The number of hydrogen-bond donors (Lipinski definition) is 0. The van der Waals surface area contributed by atoms with E-state index in [2.05, 4.69) is 10.2 Å². The topological polar surface area (TPSA) is 59.9 Å². The number of benzene rings is 1. The molecule has 0 bridgehead atoms. The fraction of sp³-hybridized carbons (Fsp3) is 0.176. The van der Waals surface area contributed by atoms with Crippen LogP contribution in [-0.4, -0.2) is 21.8 Å². The molecule has 1 heterocycles. The molecule has 21 heavy (non-hydrogen) atoms. The smallest absolute Gasteiger partial charge is 0.190 e. The Bertz CT molecular complexity index is 774. The molecule has 1 aliphatic rings. The van der Waals surface area contributed by atoms with Gasteiger partial charge in [-0.2, -0.15) is 10.2 Å². The maximum Gasteiger partial charge on any atom is 0.190 e. The van der Waals surface area contributed by atoms with Crippen molar-refractivity contribution in [2.75, 3.05) is 0 Å². The molecule has 0 amide bonds. The predicted octanol–water partition coefficient (Wildman–Crippen LogP) is 2.72. The molecule has 3 rings (SSSR count). The maximum absolute atomic E-state index is 12.6. The lowest BCUT2D eigenvalue weighted by molar-refractivity contribution is 0.0973. The van der Waals surface area contributed by atoms with Gasteiger partial charge >= 0.3 is 0 Å². The van der Waals surface area contributed by atoms with Crippen molar-refractivity contribution >= 4 is 11.6 Å². The SMILES string of the molecule is CC1=C(Cc2ccc(C)nn2)C(=O)c2ccccc2C1=O. The molecule has 0 unspecified atom stereocenters. The highest BCUT2D eigenvalue weighted by atomic mass is 16.1. The highest BCUT2D eigenvalue weighted by Crippen LogP contribution is 2.27. The second-order valence-electron chi connectivity index (χ2n) is 5.15. The van der Waals surface area contributed by atoms with Crippen molar-refractivity contribution < 1.29 is 9.59 Å². The first kappa shape index (κ1) is 13.4. The fourth-order valence-corrected chi connectivity index (χ4v) is 2.47. The second-order valence-corrected chi connectivity index (χ2v) is 5.15. The Kier molecular flexibility index (Phi) is 3.22. The minimum absolute atomic E-state index is 0.0831. The first-order valence-corrected chi connectivity index (χ1v) is 6.75. The van der Waals surface area contributed by atoms with Crippen LogP contribution >= 0.6 is 0 Å². The quantitative estimate of drug-likeness (QED) is 0.847. The lowest BCUT2D eigenvalue weighted by Crippen LogP contribution is -2.22. The third-order valence-corrected chi connectivity index (χ3v) is 3.69. The van der Waals surface area contributed by atoms with Gasteiger partial charge in [-0.25, -0.2) is 0 Å². The molecule has 0 saturated heterocycles. The average molecular weight is 278 g/mol. The van der Waals surface area contributed by atoms with E-state index < -0.39 is 0 Å². The van der Waals surface area contributed by atoms with E-state index in [4.69, 9.17) is 0 Å². The molecule has 1 aromatic carbocycles. The van der Waals surface area contributed by atoms with Crippen LogP contribution in [-0.2, 0) is 6.42 Å². The summed E-state index contributed by atoms with van der Waals surface area (Å²) in [5.41, 5.74) is 3.48. The van der Waals surface area contributed by atoms with Crippen molar-refractivity contribution in [2.45, 2.75) is 20.3 Å². The number of hydrogen-bond acceptors (Lipinski definition) is 4.